The first-order chi connectivity index (χ1) is 34.2. The lowest BCUT2D eigenvalue weighted by Crippen LogP contribution is -2.42. The molecule has 360 valence electrons. The lowest BCUT2D eigenvalue weighted by Gasteiger charge is -2.44. The number of nitrogens with zero attached hydrogens (tertiary/aromatic N) is 1. The van der Waals surface area contributed by atoms with Gasteiger partial charge in [0.15, 0.2) is 7.28 Å². The summed E-state index contributed by atoms with van der Waals surface area (Å²) >= 11 is 0. The fourth-order valence-electron chi connectivity index (χ4n) is 13.5. The number of benzene rings is 8. The third-order valence-electron chi connectivity index (χ3n) is 18.3. The zero-order valence-corrected chi connectivity index (χ0v) is 44.9. The molecule has 0 saturated carbocycles. The average molecular weight is 939 g/mol. The summed E-state index contributed by atoms with van der Waals surface area (Å²) in [6.07, 6.45) is 4.72. The third kappa shape index (κ3) is 7.27. The molecule has 0 aromatic heterocycles. The van der Waals surface area contributed by atoms with Gasteiger partial charge in [0.1, 0.15) is 0 Å². The first-order valence-corrected chi connectivity index (χ1v) is 26.8. The van der Waals surface area contributed by atoms with E-state index >= 15 is 0 Å². The monoisotopic (exact) mass is 939 g/mol. The van der Waals surface area contributed by atoms with Gasteiger partial charge in [0.05, 0.1) is 0 Å². The van der Waals surface area contributed by atoms with Crippen molar-refractivity contribution in [2.75, 3.05) is 10.2 Å². The first kappa shape index (κ1) is 46.5. The van der Waals surface area contributed by atoms with Crippen molar-refractivity contribution in [1.29, 1.82) is 0 Å². The Morgan fingerprint density at radius 1 is 0.403 bits per heavy atom. The topological polar surface area (TPSA) is 15.3 Å². The Hall–Kier alpha value is -6.58. The van der Waals surface area contributed by atoms with E-state index in [1.54, 1.807) is 0 Å². The van der Waals surface area contributed by atoms with Crippen molar-refractivity contribution in [2.24, 2.45) is 0 Å². The Morgan fingerprint density at radius 3 is 1.56 bits per heavy atom. The standard InChI is InChI=1S/C69H71BN2/c1-42-35-52-54(67(7,8)33-31-65(52,3)4)40-59(42)71-58-30-28-46(44-21-15-13-16-22-44)37-49(58)50-39-56-62(48-25-19-20-26-51(48)69(56,11)12)64-63(50)70-57-29-27-47(45-23-17-14-18-24-45)38-61(57)72(64)60-41-55-53(36-43(60)2)66(5,6)32-34-68(55,9)10/h13-30,35-41,70-71H,31-34H2,1-12H3. The van der Waals surface area contributed by atoms with Gasteiger partial charge in [0, 0.05) is 45.0 Å². The maximum Gasteiger partial charge on any atom is 0.198 e. The van der Waals surface area contributed by atoms with Gasteiger partial charge in [-0.3, -0.25) is 0 Å². The molecule has 0 unspecified atom stereocenters. The molecule has 0 amide bonds. The average Bonchev–Trinajstić information content (AvgIpc) is 3.59. The zero-order valence-electron chi connectivity index (χ0n) is 44.9. The molecule has 1 N–H and O–H groups in total. The Morgan fingerprint density at radius 2 is 0.931 bits per heavy atom. The van der Waals surface area contributed by atoms with Gasteiger partial charge in [-0.2, -0.15) is 0 Å². The summed E-state index contributed by atoms with van der Waals surface area (Å²) in [5.41, 5.74) is 30.5. The molecule has 8 aromatic rings. The summed E-state index contributed by atoms with van der Waals surface area (Å²) in [5.74, 6) is 0. The molecule has 72 heavy (non-hydrogen) atoms. The smallest absolute Gasteiger partial charge is 0.198 e. The molecule has 4 aliphatic rings. The van der Waals surface area contributed by atoms with Crippen molar-refractivity contribution in [3.8, 4) is 44.5 Å². The van der Waals surface area contributed by atoms with E-state index in [-0.39, 0.29) is 27.1 Å². The second-order valence-corrected chi connectivity index (χ2v) is 25.3. The highest BCUT2D eigenvalue weighted by atomic mass is 15.2. The SMILES string of the molecule is Cc1cc2c(cc1Nc1ccc(-c3ccccc3)cc1-c1cc3c(c4c1Bc1ccc(-c5ccccc5)cc1N4c1cc4c(cc1C)C(C)(C)CCC4(C)C)-c1ccccc1C3(C)C)C(C)(C)CCC2(C)C. The van der Waals surface area contributed by atoms with Gasteiger partial charge in [-0.05, 0) is 181 Å². The Labute approximate surface area is 431 Å². The van der Waals surface area contributed by atoms with Gasteiger partial charge in [0.2, 0.25) is 0 Å². The second-order valence-electron chi connectivity index (χ2n) is 25.3. The van der Waals surface area contributed by atoms with E-state index in [0.29, 0.717) is 0 Å². The highest BCUT2D eigenvalue weighted by molar-refractivity contribution is 6.73. The summed E-state index contributed by atoms with van der Waals surface area (Å²) in [7, 11) is 0.806. The van der Waals surface area contributed by atoms with Crippen LogP contribution in [0, 0.1) is 13.8 Å². The van der Waals surface area contributed by atoms with Crippen molar-refractivity contribution in [2.45, 2.75) is 136 Å². The molecule has 0 atom stereocenters. The summed E-state index contributed by atoms with van der Waals surface area (Å²) in [6, 6.07) is 58.5. The molecule has 3 aliphatic carbocycles. The van der Waals surface area contributed by atoms with Crippen LogP contribution in [0.25, 0.3) is 44.5 Å². The van der Waals surface area contributed by atoms with Crippen LogP contribution in [0.2, 0.25) is 0 Å². The zero-order chi connectivity index (χ0) is 50.3. The normalized spacial score (nSPS) is 17.9. The van der Waals surface area contributed by atoms with E-state index in [0.717, 1.165) is 19.4 Å². The number of hydrogen-bond donors (Lipinski definition) is 1. The lowest BCUT2D eigenvalue weighted by molar-refractivity contribution is 0.332. The number of hydrogen-bond acceptors (Lipinski definition) is 2. The molecule has 0 fully saturated rings. The second kappa shape index (κ2) is 16.2. The van der Waals surface area contributed by atoms with Gasteiger partial charge in [-0.1, -0.05) is 190 Å². The number of nitrogens with one attached hydrogen (secondary N) is 1. The van der Waals surface area contributed by atoms with Crippen LogP contribution in [-0.2, 0) is 27.1 Å². The highest BCUT2D eigenvalue weighted by Crippen LogP contribution is 2.58. The first-order valence-electron chi connectivity index (χ1n) is 26.8. The van der Waals surface area contributed by atoms with Gasteiger partial charge < -0.3 is 10.2 Å². The number of fused-ring (bicyclic) bond motifs is 8. The predicted molar refractivity (Wildman–Crippen MR) is 311 cm³/mol. The van der Waals surface area contributed by atoms with E-state index < -0.39 is 0 Å². The van der Waals surface area contributed by atoms with E-state index in [1.807, 2.05) is 0 Å². The van der Waals surface area contributed by atoms with Crippen LogP contribution in [-0.4, -0.2) is 7.28 Å². The maximum atomic E-state index is 4.18. The molecule has 3 heteroatoms. The lowest BCUT2D eigenvalue weighted by atomic mass is 9.56. The predicted octanol–water partition coefficient (Wildman–Crippen LogP) is 17.2. The number of rotatable bonds is 6. The maximum absolute atomic E-state index is 4.18. The van der Waals surface area contributed by atoms with Crippen molar-refractivity contribution >= 4 is 46.6 Å². The van der Waals surface area contributed by atoms with Gasteiger partial charge in [-0.15, -0.1) is 0 Å². The molecule has 2 nitrogen and oxygen atoms in total. The molecule has 8 aromatic carbocycles. The van der Waals surface area contributed by atoms with Crippen molar-refractivity contribution in [1.82, 2.24) is 0 Å². The summed E-state index contributed by atoms with van der Waals surface area (Å²) in [4.78, 5) is 2.74. The van der Waals surface area contributed by atoms with Gasteiger partial charge in [0.25, 0.3) is 0 Å². The molecule has 0 spiro atoms. The molecule has 0 bridgehead atoms. The molecule has 0 saturated heterocycles. The van der Waals surface area contributed by atoms with Crippen LogP contribution in [0.15, 0.2) is 152 Å². The summed E-state index contributed by atoms with van der Waals surface area (Å²) in [6.45, 7) is 29.2. The van der Waals surface area contributed by atoms with Crippen LogP contribution in [0.4, 0.5) is 28.4 Å². The van der Waals surface area contributed by atoms with Gasteiger partial charge >= 0.3 is 0 Å². The fourth-order valence-corrected chi connectivity index (χ4v) is 13.5. The largest absolute Gasteiger partial charge is 0.355 e. The minimum absolute atomic E-state index is 0.0389. The minimum atomic E-state index is -0.247. The van der Waals surface area contributed by atoms with Crippen molar-refractivity contribution in [3.05, 3.63) is 196 Å². The van der Waals surface area contributed by atoms with E-state index in [2.05, 4.69) is 245 Å². The molecule has 12 rings (SSSR count). The molecule has 1 heterocycles. The number of aryl methyl sites for hydroxylation is 2. The Kier molecular flexibility index (Phi) is 10.5. The van der Waals surface area contributed by atoms with Gasteiger partial charge in [-0.25, -0.2) is 0 Å². The van der Waals surface area contributed by atoms with Crippen LogP contribution in [0.5, 0.6) is 0 Å². The molecule has 1 aliphatic heterocycles. The van der Waals surface area contributed by atoms with E-state index in [4.69, 9.17) is 0 Å². The molecular weight excluding hydrogens is 868 g/mol. The van der Waals surface area contributed by atoms with Crippen LogP contribution < -0.4 is 21.1 Å². The highest BCUT2D eigenvalue weighted by Gasteiger charge is 2.44. The fraction of sp³-hybridized carbons (Fsp3) is 0.304. The van der Waals surface area contributed by atoms with Crippen LogP contribution >= 0.6 is 0 Å². The van der Waals surface area contributed by atoms with Crippen LogP contribution in [0.3, 0.4) is 0 Å². The molecular formula is C69H71BN2. The Bertz CT molecular complexity index is 3510. The van der Waals surface area contributed by atoms with Crippen molar-refractivity contribution < 1.29 is 0 Å². The summed E-state index contributed by atoms with van der Waals surface area (Å²) in [5, 5.41) is 4.18. The van der Waals surface area contributed by atoms with Crippen molar-refractivity contribution in [3.63, 3.8) is 0 Å². The summed E-state index contributed by atoms with van der Waals surface area (Å²) < 4.78 is 0. The van der Waals surface area contributed by atoms with Crippen LogP contribution in [0.1, 0.15) is 139 Å². The number of anilines is 5. The Balaban J connectivity index is 1.18. The quantitative estimate of drug-likeness (QED) is 0.167. The molecule has 0 radical (unpaired) electrons. The van der Waals surface area contributed by atoms with E-state index in [1.165, 1.54) is 142 Å². The third-order valence-corrected chi connectivity index (χ3v) is 18.3. The minimum Gasteiger partial charge on any atom is -0.355 e. The van der Waals surface area contributed by atoms with E-state index in [9.17, 15) is 0 Å².